The van der Waals surface area contributed by atoms with E-state index >= 15 is 0 Å². The number of fused-ring (bicyclic) bond motifs is 1. The zero-order valence-electron chi connectivity index (χ0n) is 9.77. The van der Waals surface area contributed by atoms with E-state index < -0.39 is 0 Å². The highest BCUT2D eigenvalue weighted by Crippen LogP contribution is 2.16. The summed E-state index contributed by atoms with van der Waals surface area (Å²) in [5, 5.41) is 0.743. The summed E-state index contributed by atoms with van der Waals surface area (Å²) < 4.78 is 2.13. The molecule has 0 saturated carbocycles. The number of aromatic nitrogens is 2. The Morgan fingerprint density at radius 1 is 1.24 bits per heavy atom. The predicted molar refractivity (Wildman–Crippen MR) is 69.3 cm³/mol. The molecule has 0 aliphatic carbocycles. The van der Waals surface area contributed by atoms with E-state index in [1.165, 1.54) is 38.0 Å². The van der Waals surface area contributed by atoms with Gasteiger partial charge < -0.3 is 4.40 Å². The Hall–Kier alpha value is -1.06. The van der Waals surface area contributed by atoms with E-state index in [-0.39, 0.29) is 0 Å². The topological polar surface area (TPSA) is 20.5 Å². The first-order valence-electron chi connectivity index (χ1n) is 6.17. The Bertz CT molecular complexity index is 514. The van der Waals surface area contributed by atoms with Gasteiger partial charge in [0, 0.05) is 17.8 Å². The lowest BCUT2D eigenvalue weighted by atomic mass is 10.1. The van der Waals surface area contributed by atoms with Crippen molar-refractivity contribution in [2.75, 3.05) is 13.1 Å². The molecule has 3 rings (SSSR count). The van der Waals surface area contributed by atoms with Crippen LogP contribution in [0.2, 0.25) is 5.02 Å². The summed E-state index contributed by atoms with van der Waals surface area (Å²) >= 11 is 5.96. The summed E-state index contributed by atoms with van der Waals surface area (Å²) in [5.74, 6) is 0. The molecule has 1 aliphatic heterocycles. The number of imidazole rings is 1. The average Bonchev–Trinajstić information content (AvgIpc) is 2.73. The smallest absolute Gasteiger partial charge is 0.138 e. The van der Waals surface area contributed by atoms with Crippen molar-refractivity contribution < 1.29 is 0 Å². The first kappa shape index (κ1) is 11.1. The first-order chi connectivity index (χ1) is 8.33. The van der Waals surface area contributed by atoms with Crippen LogP contribution in [-0.2, 0) is 6.54 Å². The SMILES string of the molecule is Clc1ccn2c(CN3CCCCC3)cnc2c1. The molecule has 0 N–H and O–H groups in total. The van der Waals surface area contributed by atoms with E-state index in [9.17, 15) is 0 Å². The van der Waals surface area contributed by atoms with Crippen LogP contribution in [0, 0.1) is 0 Å². The maximum Gasteiger partial charge on any atom is 0.138 e. The van der Waals surface area contributed by atoms with Crippen LogP contribution in [0.5, 0.6) is 0 Å². The quantitative estimate of drug-likeness (QED) is 0.816. The van der Waals surface area contributed by atoms with Gasteiger partial charge in [0.1, 0.15) is 5.65 Å². The molecule has 0 amide bonds. The van der Waals surface area contributed by atoms with Crippen molar-refractivity contribution in [3.63, 3.8) is 0 Å². The average molecular weight is 250 g/mol. The van der Waals surface area contributed by atoms with Gasteiger partial charge in [0.2, 0.25) is 0 Å². The van der Waals surface area contributed by atoms with Crippen molar-refractivity contribution in [2.45, 2.75) is 25.8 Å². The Morgan fingerprint density at radius 2 is 2.06 bits per heavy atom. The zero-order valence-corrected chi connectivity index (χ0v) is 10.5. The number of likely N-dealkylation sites (tertiary alicyclic amines) is 1. The second-order valence-electron chi connectivity index (χ2n) is 4.66. The second kappa shape index (κ2) is 4.67. The van der Waals surface area contributed by atoms with Gasteiger partial charge in [-0.1, -0.05) is 18.0 Å². The standard InChI is InChI=1S/C13H16ClN3/c14-11-4-7-17-12(9-15-13(17)8-11)10-16-5-2-1-3-6-16/h4,7-9H,1-3,5-6,10H2. The van der Waals surface area contributed by atoms with Crippen LogP contribution < -0.4 is 0 Å². The zero-order chi connectivity index (χ0) is 11.7. The molecular formula is C13H16ClN3. The number of piperidine rings is 1. The molecule has 2 aromatic rings. The third-order valence-electron chi connectivity index (χ3n) is 3.39. The largest absolute Gasteiger partial charge is 0.303 e. The van der Waals surface area contributed by atoms with Gasteiger partial charge in [-0.3, -0.25) is 4.90 Å². The third kappa shape index (κ3) is 2.31. The molecule has 0 spiro atoms. The van der Waals surface area contributed by atoms with Gasteiger partial charge in [-0.05, 0) is 38.1 Å². The maximum absolute atomic E-state index is 5.96. The molecule has 2 aromatic heterocycles. The van der Waals surface area contributed by atoms with Crippen LogP contribution >= 0.6 is 11.6 Å². The number of rotatable bonds is 2. The number of hydrogen-bond donors (Lipinski definition) is 0. The molecule has 1 aliphatic rings. The molecule has 17 heavy (non-hydrogen) atoms. The van der Waals surface area contributed by atoms with Crippen molar-refractivity contribution in [1.82, 2.24) is 14.3 Å². The minimum absolute atomic E-state index is 0.743. The van der Waals surface area contributed by atoms with Crippen molar-refractivity contribution in [1.29, 1.82) is 0 Å². The molecule has 0 unspecified atom stereocenters. The third-order valence-corrected chi connectivity index (χ3v) is 3.62. The van der Waals surface area contributed by atoms with E-state index in [1.807, 2.05) is 24.5 Å². The monoisotopic (exact) mass is 249 g/mol. The Kier molecular flexibility index (Phi) is 3.04. The van der Waals surface area contributed by atoms with Crippen molar-refractivity contribution in [2.24, 2.45) is 0 Å². The van der Waals surface area contributed by atoms with Gasteiger partial charge in [0.15, 0.2) is 0 Å². The fourth-order valence-electron chi connectivity index (χ4n) is 2.47. The van der Waals surface area contributed by atoms with E-state index in [0.717, 1.165) is 17.2 Å². The van der Waals surface area contributed by atoms with Crippen molar-refractivity contribution in [3.8, 4) is 0 Å². The Labute approximate surface area is 106 Å². The summed E-state index contributed by atoms with van der Waals surface area (Å²) in [6.45, 7) is 3.41. The summed E-state index contributed by atoms with van der Waals surface area (Å²) in [7, 11) is 0. The van der Waals surface area contributed by atoms with Gasteiger partial charge in [0.25, 0.3) is 0 Å². The summed E-state index contributed by atoms with van der Waals surface area (Å²) in [4.78, 5) is 6.90. The molecule has 3 heterocycles. The Morgan fingerprint density at radius 3 is 2.88 bits per heavy atom. The highest BCUT2D eigenvalue weighted by atomic mass is 35.5. The molecule has 0 aromatic carbocycles. The molecule has 4 heteroatoms. The van der Waals surface area contributed by atoms with Gasteiger partial charge in [-0.25, -0.2) is 4.98 Å². The molecular weight excluding hydrogens is 234 g/mol. The van der Waals surface area contributed by atoms with Gasteiger partial charge >= 0.3 is 0 Å². The fourth-order valence-corrected chi connectivity index (χ4v) is 2.63. The lowest BCUT2D eigenvalue weighted by molar-refractivity contribution is 0.218. The Balaban J connectivity index is 1.84. The van der Waals surface area contributed by atoms with E-state index in [2.05, 4.69) is 14.3 Å². The number of pyridine rings is 1. The molecule has 1 fully saturated rings. The maximum atomic E-state index is 5.96. The lowest BCUT2D eigenvalue weighted by Crippen LogP contribution is -2.29. The van der Waals surface area contributed by atoms with E-state index in [1.54, 1.807) is 0 Å². The molecule has 0 bridgehead atoms. The van der Waals surface area contributed by atoms with Crippen molar-refractivity contribution >= 4 is 17.2 Å². The molecule has 0 atom stereocenters. The first-order valence-corrected chi connectivity index (χ1v) is 6.54. The van der Waals surface area contributed by atoms with Crippen LogP contribution in [-0.4, -0.2) is 27.4 Å². The molecule has 1 saturated heterocycles. The molecule has 3 nitrogen and oxygen atoms in total. The molecule has 0 radical (unpaired) electrons. The van der Waals surface area contributed by atoms with Crippen LogP contribution in [0.15, 0.2) is 24.5 Å². The normalized spacial score (nSPS) is 17.7. The van der Waals surface area contributed by atoms with Gasteiger partial charge in [-0.15, -0.1) is 0 Å². The minimum Gasteiger partial charge on any atom is -0.303 e. The second-order valence-corrected chi connectivity index (χ2v) is 5.10. The van der Waals surface area contributed by atoms with Crippen LogP contribution in [0.3, 0.4) is 0 Å². The number of hydrogen-bond acceptors (Lipinski definition) is 2. The van der Waals surface area contributed by atoms with E-state index in [4.69, 9.17) is 11.6 Å². The minimum atomic E-state index is 0.743. The highest BCUT2D eigenvalue weighted by Gasteiger charge is 2.12. The fraction of sp³-hybridized carbons (Fsp3) is 0.462. The highest BCUT2D eigenvalue weighted by molar-refractivity contribution is 6.30. The lowest BCUT2D eigenvalue weighted by Gasteiger charge is -2.25. The summed E-state index contributed by atoms with van der Waals surface area (Å²) in [6.07, 6.45) is 7.98. The van der Waals surface area contributed by atoms with Gasteiger partial charge in [-0.2, -0.15) is 0 Å². The summed E-state index contributed by atoms with van der Waals surface area (Å²) in [6, 6.07) is 3.82. The van der Waals surface area contributed by atoms with Crippen LogP contribution in [0.25, 0.3) is 5.65 Å². The predicted octanol–water partition coefficient (Wildman–Crippen LogP) is 2.97. The van der Waals surface area contributed by atoms with Crippen molar-refractivity contribution in [3.05, 3.63) is 35.2 Å². The van der Waals surface area contributed by atoms with Gasteiger partial charge in [0.05, 0.1) is 11.9 Å². The number of nitrogens with zero attached hydrogens (tertiary/aromatic N) is 3. The van der Waals surface area contributed by atoms with Crippen LogP contribution in [0.4, 0.5) is 0 Å². The van der Waals surface area contributed by atoms with E-state index in [0.29, 0.717) is 0 Å². The summed E-state index contributed by atoms with van der Waals surface area (Å²) in [5.41, 5.74) is 2.18. The number of halogens is 1. The molecule has 90 valence electrons. The van der Waals surface area contributed by atoms with Crippen LogP contribution in [0.1, 0.15) is 25.0 Å².